The molecule has 6 aromatic rings. The molecule has 6 rings (SSSR count). The van der Waals surface area contributed by atoms with Crippen LogP contribution in [-0.4, -0.2) is 30.9 Å². The van der Waals surface area contributed by atoms with Crippen molar-refractivity contribution in [2.45, 2.75) is 46.4 Å². The van der Waals surface area contributed by atoms with E-state index in [9.17, 15) is 9.59 Å². The van der Waals surface area contributed by atoms with Crippen LogP contribution in [0.25, 0.3) is 17.1 Å². The maximum atomic E-state index is 13.2. The van der Waals surface area contributed by atoms with E-state index >= 15 is 0 Å². The summed E-state index contributed by atoms with van der Waals surface area (Å²) in [7, 11) is 0. The summed E-state index contributed by atoms with van der Waals surface area (Å²) in [6, 6.07) is 31.0. The van der Waals surface area contributed by atoms with Gasteiger partial charge in [0.1, 0.15) is 24.7 Å². The summed E-state index contributed by atoms with van der Waals surface area (Å²) in [5, 5.41) is 17.2. The minimum Gasteiger partial charge on any atom is -0.488 e. The quantitative estimate of drug-likeness (QED) is 0.165. The van der Waals surface area contributed by atoms with E-state index in [1.54, 1.807) is 19.1 Å². The lowest BCUT2D eigenvalue weighted by molar-refractivity contribution is 0.0915. The van der Waals surface area contributed by atoms with E-state index in [0.717, 1.165) is 22.3 Å². The predicted molar refractivity (Wildman–Crippen MR) is 175 cm³/mol. The molecule has 0 spiro atoms. The first kappa shape index (κ1) is 31.0. The van der Waals surface area contributed by atoms with Gasteiger partial charge in [-0.05, 0) is 46.4 Å². The first-order valence-electron chi connectivity index (χ1n) is 15.2. The Hall–Kier alpha value is -5.97. The number of nitrogens with one attached hydrogen (secondary N) is 2. The lowest BCUT2D eigenvalue weighted by Crippen LogP contribution is -2.23. The number of carbonyl (C=O) groups excluding carboxylic acids is 1. The molecule has 0 aliphatic rings. The number of nitrogens with zero attached hydrogens (tertiary/aromatic N) is 4. The van der Waals surface area contributed by atoms with Crippen molar-refractivity contribution < 1.29 is 18.7 Å². The van der Waals surface area contributed by atoms with E-state index < -0.39 is 11.6 Å². The Morgan fingerprint density at radius 2 is 1.49 bits per heavy atom. The number of rotatable bonds is 12. The van der Waals surface area contributed by atoms with Crippen molar-refractivity contribution >= 4 is 5.91 Å². The number of hydrogen-bond donors (Lipinski definition) is 2. The molecule has 2 aromatic heterocycles. The van der Waals surface area contributed by atoms with Gasteiger partial charge in [0.2, 0.25) is 5.89 Å². The standard InChI is InChI=1S/C36H34N6O5/c1-23(2)29-18-30(32(46-22-27-12-8-5-9-13-27)19-31(29)45-21-26-10-6-4-7-11-26)33-39-41-36(44)42(33)28-16-14-25(15-17-28)20-37-34(43)35-40-38-24(3)47-35/h4-19,23H,20-22H2,1-3H3,(H,37,43)(H,41,44). The molecule has 2 heterocycles. The number of aromatic nitrogens is 5. The second-order valence-electron chi connectivity index (χ2n) is 11.3. The monoisotopic (exact) mass is 630 g/mol. The molecule has 0 aliphatic heterocycles. The summed E-state index contributed by atoms with van der Waals surface area (Å²) in [6.45, 7) is 6.73. The van der Waals surface area contributed by atoms with Gasteiger partial charge in [0.15, 0.2) is 5.82 Å². The van der Waals surface area contributed by atoms with E-state index in [-0.39, 0.29) is 18.4 Å². The number of carbonyl (C=O) groups is 1. The molecule has 0 saturated carbocycles. The van der Waals surface area contributed by atoms with Gasteiger partial charge >= 0.3 is 17.5 Å². The zero-order chi connectivity index (χ0) is 32.8. The van der Waals surface area contributed by atoms with Crippen molar-refractivity contribution in [1.29, 1.82) is 0 Å². The minimum absolute atomic E-state index is 0.101. The van der Waals surface area contributed by atoms with Gasteiger partial charge in [-0.3, -0.25) is 4.79 Å². The molecular weight excluding hydrogens is 596 g/mol. The molecule has 0 radical (unpaired) electrons. The van der Waals surface area contributed by atoms with Crippen molar-refractivity contribution in [3.05, 3.63) is 142 Å². The molecule has 47 heavy (non-hydrogen) atoms. The van der Waals surface area contributed by atoms with Gasteiger partial charge < -0.3 is 19.2 Å². The molecule has 11 heteroatoms. The largest absolute Gasteiger partial charge is 0.488 e. The molecule has 4 aromatic carbocycles. The topological polar surface area (TPSA) is 137 Å². The highest BCUT2D eigenvalue weighted by atomic mass is 16.5. The zero-order valence-corrected chi connectivity index (χ0v) is 26.3. The molecule has 0 fully saturated rings. The van der Waals surface area contributed by atoms with Crippen molar-refractivity contribution in [2.75, 3.05) is 0 Å². The van der Waals surface area contributed by atoms with Gasteiger partial charge in [0, 0.05) is 19.5 Å². The van der Waals surface area contributed by atoms with Gasteiger partial charge in [-0.2, -0.15) is 5.10 Å². The smallest absolute Gasteiger partial charge is 0.348 e. The number of aromatic amines is 1. The summed E-state index contributed by atoms with van der Waals surface area (Å²) >= 11 is 0. The van der Waals surface area contributed by atoms with Gasteiger partial charge in [0.05, 0.1) is 11.3 Å². The fraction of sp³-hybridized carbons (Fsp3) is 0.194. The molecule has 2 N–H and O–H groups in total. The van der Waals surface area contributed by atoms with Gasteiger partial charge in [-0.25, -0.2) is 14.5 Å². The lowest BCUT2D eigenvalue weighted by atomic mass is 9.98. The SMILES string of the molecule is Cc1nnc(C(=O)NCc2ccc(-n3c(-c4cc(C(C)C)c(OCc5ccccc5)cc4OCc4ccccc4)n[nH]c3=O)cc2)o1. The summed E-state index contributed by atoms with van der Waals surface area (Å²) < 4.78 is 19.4. The van der Waals surface area contributed by atoms with E-state index in [1.807, 2.05) is 84.9 Å². The molecule has 0 aliphatic carbocycles. The summed E-state index contributed by atoms with van der Waals surface area (Å²) in [5.74, 6) is 1.46. The summed E-state index contributed by atoms with van der Waals surface area (Å²) in [4.78, 5) is 25.5. The lowest BCUT2D eigenvalue weighted by Gasteiger charge is -2.20. The highest BCUT2D eigenvalue weighted by Gasteiger charge is 2.22. The Morgan fingerprint density at radius 1 is 0.851 bits per heavy atom. The van der Waals surface area contributed by atoms with E-state index in [2.05, 4.69) is 39.6 Å². The first-order chi connectivity index (χ1) is 22.9. The van der Waals surface area contributed by atoms with Crippen LogP contribution in [-0.2, 0) is 19.8 Å². The second kappa shape index (κ2) is 14.0. The van der Waals surface area contributed by atoms with Crippen molar-refractivity contribution in [3.63, 3.8) is 0 Å². The van der Waals surface area contributed by atoms with Crippen LogP contribution in [0.5, 0.6) is 11.5 Å². The van der Waals surface area contributed by atoms with Crippen LogP contribution in [0.4, 0.5) is 0 Å². The third kappa shape index (κ3) is 7.30. The van der Waals surface area contributed by atoms with Crippen LogP contribution in [0.3, 0.4) is 0 Å². The minimum atomic E-state index is -0.469. The zero-order valence-electron chi connectivity index (χ0n) is 26.3. The summed E-state index contributed by atoms with van der Waals surface area (Å²) in [5.41, 5.74) is 4.63. The molecule has 0 atom stereocenters. The fourth-order valence-electron chi connectivity index (χ4n) is 5.05. The third-order valence-corrected chi connectivity index (χ3v) is 7.49. The Labute approximate surface area is 271 Å². The van der Waals surface area contributed by atoms with Crippen LogP contribution in [0.15, 0.2) is 106 Å². The molecule has 0 unspecified atom stereocenters. The van der Waals surface area contributed by atoms with Gasteiger partial charge in [-0.15, -0.1) is 10.2 Å². The number of benzene rings is 4. The predicted octanol–water partition coefficient (Wildman–Crippen LogP) is 6.13. The maximum absolute atomic E-state index is 13.2. The fourth-order valence-corrected chi connectivity index (χ4v) is 5.05. The maximum Gasteiger partial charge on any atom is 0.348 e. The highest BCUT2D eigenvalue weighted by Crippen LogP contribution is 2.39. The van der Waals surface area contributed by atoms with Crippen molar-refractivity contribution in [3.8, 4) is 28.6 Å². The number of amides is 1. The van der Waals surface area contributed by atoms with Crippen LogP contribution in [0, 0.1) is 6.92 Å². The van der Waals surface area contributed by atoms with Gasteiger partial charge in [0.25, 0.3) is 0 Å². The number of aryl methyl sites for hydroxylation is 1. The molecule has 0 saturated heterocycles. The Kier molecular flexibility index (Phi) is 9.23. The van der Waals surface area contributed by atoms with Crippen LogP contribution in [0.2, 0.25) is 0 Å². The summed E-state index contributed by atoms with van der Waals surface area (Å²) in [6.07, 6.45) is 0. The Balaban J connectivity index is 1.32. The van der Waals surface area contributed by atoms with E-state index in [0.29, 0.717) is 47.7 Å². The van der Waals surface area contributed by atoms with Crippen molar-refractivity contribution in [1.82, 2.24) is 30.3 Å². The average molecular weight is 631 g/mol. The van der Waals surface area contributed by atoms with Crippen LogP contribution >= 0.6 is 0 Å². The number of hydrogen-bond acceptors (Lipinski definition) is 8. The average Bonchev–Trinajstić information content (AvgIpc) is 3.71. The van der Waals surface area contributed by atoms with Crippen LogP contribution < -0.4 is 20.5 Å². The first-order valence-corrected chi connectivity index (χ1v) is 15.2. The van der Waals surface area contributed by atoms with E-state index in [4.69, 9.17) is 13.9 Å². The molecular formula is C36H34N6O5. The number of ether oxygens (including phenoxy) is 2. The second-order valence-corrected chi connectivity index (χ2v) is 11.3. The third-order valence-electron chi connectivity index (χ3n) is 7.49. The normalized spacial score (nSPS) is 11.1. The number of H-pyrrole nitrogens is 1. The van der Waals surface area contributed by atoms with E-state index in [1.165, 1.54) is 4.57 Å². The molecule has 238 valence electrons. The molecule has 1 amide bonds. The highest BCUT2D eigenvalue weighted by molar-refractivity contribution is 5.89. The van der Waals surface area contributed by atoms with Gasteiger partial charge in [-0.1, -0.05) is 86.6 Å². The molecule has 11 nitrogen and oxygen atoms in total. The Bertz CT molecular complexity index is 2020. The Morgan fingerprint density at radius 3 is 2.09 bits per heavy atom. The van der Waals surface area contributed by atoms with Crippen LogP contribution in [0.1, 0.15) is 58.6 Å². The van der Waals surface area contributed by atoms with Crippen molar-refractivity contribution in [2.24, 2.45) is 0 Å². The molecule has 0 bridgehead atoms.